The molecule has 8 heteroatoms. The number of ketones is 1. The first-order valence-electron chi connectivity index (χ1n) is 6.01. The van der Waals surface area contributed by atoms with E-state index in [0.717, 1.165) is 0 Å². The Morgan fingerprint density at radius 1 is 1.42 bits per heavy atom. The zero-order chi connectivity index (χ0) is 14.2. The molecule has 0 amide bonds. The van der Waals surface area contributed by atoms with Gasteiger partial charge in [-0.2, -0.15) is 9.40 Å². The number of nitrogens with zero attached hydrogens (tertiary/aromatic N) is 3. The average Bonchev–Trinajstić information content (AvgIpc) is 2.69. The number of sulfonamides is 1. The van der Waals surface area contributed by atoms with Gasteiger partial charge in [-0.05, 0) is 12.8 Å². The number of carbonyl (C=O) groups is 1. The van der Waals surface area contributed by atoms with Gasteiger partial charge < -0.3 is 0 Å². The minimum absolute atomic E-state index is 0.00596. The average molecular weight is 306 g/mol. The molecule has 19 heavy (non-hydrogen) atoms. The lowest BCUT2D eigenvalue weighted by molar-refractivity contribution is -0.120. The summed E-state index contributed by atoms with van der Waals surface area (Å²) in [5.41, 5.74) is 0. The Kier molecular flexibility index (Phi) is 3.98. The molecule has 1 aliphatic carbocycles. The Bertz CT molecular complexity index is 567. The van der Waals surface area contributed by atoms with E-state index in [4.69, 9.17) is 11.6 Å². The molecule has 1 aromatic rings. The summed E-state index contributed by atoms with van der Waals surface area (Å²) >= 11 is 5.89. The molecule has 1 aliphatic rings. The summed E-state index contributed by atoms with van der Waals surface area (Å²) < 4.78 is 27.6. The van der Waals surface area contributed by atoms with Gasteiger partial charge >= 0.3 is 0 Å². The fourth-order valence-corrected chi connectivity index (χ4v) is 4.33. The highest BCUT2D eigenvalue weighted by Gasteiger charge is 2.34. The van der Waals surface area contributed by atoms with E-state index >= 15 is 0 Å². The van der Waals surface area contributed by atoms with Crippen LogP contribution in [0.25, 0.3) is 0 Å². The number of aryl methyl sites for hydroxylation is 1. The Hall–Kier alpha value is -0.920. The minimum Gasteiger partial charge on any atom is -0.300 e. The number of Topliss-reactive ketones (excluding diaryl/α,β-unsaturated/α-hetero) is 1. The van der Waals surface area contributed by atoms with Crippen molar-refractivity contribution >= 4 is 27.4 Å². The Balaban J connectivity index is 2.27. The van der Waals surface area contributed by atoms with Crippen molar-refractivity contribution in [1.29, 1.82) is 0 Å². The topological polar surface area (TPSA) is 72.3 Å². The van der Waals surface area contributed by atoms with E-state index in [2.05, 4.69) is 5.10 Å². The van der Waals surface area contributed by atoms with Crippen LogP contribution in [0.5, 0.6) is 0 Å². The number of halogens is 1. The fourth-order valence-electron chi connectivity index (χ4n) is 2.31. The van der Waals surface area contributed by atoms with Gasteiger partial charge in [-0.1, -0.05) is 11.6 Å². The maximum atomic E-state index is 12.5. The summed E-state index contributed by atoms with van der Waals surface area (Å²) in [4.78, 5) is 11.2. The van der Waals surface area contributed by atoms with E-state index in [-0.39, 0.29) is 21.9 Å². The summed E-state index contributed by atoms with van der Waals surface area (Å²) in [5.74, 6) is 0.195. The molecule has 0 aromatic carbocycles. The molecule has 0 unspecified atom stereocenters. The zero-order valence-electron chi connectivity index (χ0n) is 10.8. The number of aromatic nitrogens is 2. The molecule has 1 saturated carbocycles. The standard InChI is InChI=1S/C11H16ClN3O3S/c1-14-11(10(12)7-13-14)19(17,18)15(2)8-3-5-9(16)6-4-8/h7-8H,3-6H2,1-2H3. The molecule has 0 saturated heterocycles. The molecule has 1 heterocycles. The van der Waals surface area contributed by atoms with Crippen LogP contribution in [-0.2, 0) is 21.9 Å². The van der Waals surface area contributed by atoms with Gasteiger partial charge in [-0.3, -0.25) is 9.48 Å². The number of rotatable bonds is 3. The third-order valence-corrected chi connectivity index (χ3v) is 5.91. The van der Waals surface area contributed by atoms with Gasteiger partial charge in [0.05, 0.1) is 11.2 Å². The molecule has 0 atom stereocenters. The summed E-state index contributed by atoms with van der Waals surface area (Å²) in [6.45, 7) is 0. The molecule has 6 nitrogen and oxygen atoms in total. The summed E-state index contributed by atoms with van der Waals surface area (Å²) in [7, 11) is -0.618. The summed E-state index contributed by atoms with van der Waals surface area (Å²) in [5, 5.41) is 3.95. The third-order valence-electron chi connectivity index (χ3n) is 3.49. The lowest BCUT2D eigenvalue weighted by Crippen LogP contribution is -2.40. The first-order valence-corrected chi connectivity index (χ1v) is 7.83. The maximum absolute atomic E-state index is 12.5. The second-order valence-corrected chi connectivity index (χ2v) is 7.03. The predicted molar refractivity (Wildman–Crippen MR) is 70.4 cm³/mol. The molecule has 0 spiro atoms. The number of carbonyl (C=O) groups excluding carboxylic acids is 1. The van der Waals surface area contributed by atoms with Gasteiger partial charge in [0.1, 0.15) is 5.78 Å². The Labute approximate surface area is 117 Å². The van der Waals surface area contributed by atoms with Crippen LogP contribution < -0.4 is 0 Å². The van der Waals surface area contributed by atoms with Crippen LogP contribution in [0, 0.1) is 0 Å². The number of hydrogen-bond donors (Lipinski definition) is 0. The maximum Gasteiger partial charge on any atom is 0.261 e. The van der Waals surface area contributed by atoms with Crippen LogP contribution >= 0.6 is 11.6 Å². The molecular weight excluding hydrogens is 290 g/mol. The van der Waals surface area contributed by atoms with Crippen molar-refractivity contribution in [3.63, 3.8) is 0 Å². The van der Waals surface area contributed by atoms with Crippen LogP contribution in [-0.4, -0.2) is 41.4 Å². The lowest BCUT2D eigenvalue weighted by atomic mass is 9.95. The highest BCUT2D eigenvalue weighted by atomic mass is 35.5. The van der Waals surface area contributed by atoms with Crippen LogP contribution in [0.4, 0.5) is 0 Å². The van der Waals surface area contributed by atoms with Crippen molar-refractivity contribution in [2.45, 2.75) is 36.8 Å². The van der Waals surface area contributed by atoms with Crippen molar-refractivity contribution in [2.75, 3.05) is 7.05 Å². The van der Waals surface area contributed by atoms with Gasteiger partial charge in [0, 0.05) is 33.0 Å². The first kappa shape index (κ1) is 14.5. The van der Waals surface area contributed by atoms with Crippen molar-refractivity contribution in [2.24, 2.45) is 7.05 Å². The molecule has 1 fully saturated rings. The van der Waals surface area contributed by atoms with E-state index in [9.17, 15) is 13.2 Å². The van der Waals surface area contributed by atoms with Gasteiger partial charge in [-0.25, -0.2) is 8.42 Å². The third kappa shape index (κ3) is 2.68. The molecule has 1 aromatic heterocycles. The molecule has 0 radical (unpaired) electrons. The van der Waals surface area contributed by atoms with E-state index in [1.54, 1.807) is 0 Å². The van der Waals surface area contributed by atoms with Crippen LogP contribution in [0.15, 0.2) is 11.2 Å². The van der Waals surface area contributed by atoms with Gasteiger partial charge in [0.15, 0.2) is 5.03 Å². The van der Waals surface area contributed by atoms with Crippen LogP contribution in [0.1, 0.15) is 25.7 Å². The molecule has 2 rings (SSSR count). The van der Waals surface area contributed by atoms with Crippen LogP contribution in [0.3, 0.4) is 0 Å². The van der Waals surface area contributed by atoms with E-state index in [1.807, 2.05) is 0 Å². The smallest absolute Gasteiger partial charge is 0.261 e. The Morgan fingerprint density at radius 3 is 2.47 bits per heavy atom. The lowest BCUT2D eigenvalue weighted by Gasteiger charge is -2.29. The fraction of sp³-hybridized carbons (Fsp3) is 0.636. The highest BCUT2D eigenvalue weighted by Crippen LogP contribution is 2.28. The SMILES string of the molecule is CN(C1CCC(=O)CC1)S(=O)(=O)c1c(Cl)cnn1C. The monoisotopic (exact) mass is 305 g/mol. The quantitative estimate of drug-likeness (QED) is 0.841. The second kappa shape index (κ2) is 5.22. The summed E-state index contributed by atoms with van der Waals surface area (Å²) in [6.07, 6.45) is 3.30. The van der Waals surface area contributed by atoms with E-state index < -0.39 is 10.0 Å². The van der Waals surface area contributed by atoms with Crippen molar-refractivity contribution in [1.82, 2.24) is 14.1 Å². The molecular formula is C11H16ClN3O3S. The normalized spacial score (nSPS) is 18.2. The van der Waals surface area contributed by atoms with E-state index in [1.165, 1.54) is 29.3 Å². The second-order valence-electron chi connectivity index (χ2n) is 4.71. The molecule has 0 aliphatic heterocycles. The zero-order valence-corrected chi connectivity index (χ0v) is 12.4. The van der Waals surface area contributed by atoms with Crippen molar-refractivity contribution < 1.29 is 13.2 Å². The van der Waals surface area contributed by atoms with Crippen molar-refractivity contribution in [3.8, 4) is 0 Å². The summed E-state index contributed by atoms with van der Waals surface area (Å²) in [6, 6.07) is -0.159. The molecule has 106 valence electrons. The minimum atomic E-state index is -3.68. The highest BCUT2D eigenvalue weighted by molar-refractivity contribution is 7.89. The van der Waals surface area contributed by atoms with E-state index in [0.29, 0.717) is 25.7 Å². The van der Waals surface area contributed by atoms with Crippen LogP contribution in [0.2, 0.25) is 5.02 Å². The predicted octanol–water partition coefficient (Wildman–Crippen LogP) is 1.21. The van der Waals surface area contributed by atoms with Gasteiger partial charge in [0.2, 0.25) is 0 Å². The Morgan fingerprint density at radius 2 is 2.00 bits per heavy atom. The molecule has 0 N–H and O–H groups in total. The molecule has 0 bridgehead atoms. The van der Waals surface area contributed by atoms with Gasteiger partial charge in [-0.15, -0.1) is 0 Å². The van der Waals surface area contributed by atoms with Crippen molar-refractivity contribution in [3.05, 3.63) is 11.2 Å². The first-order chi connectivity index (χ1) is 8.84. The largest absolute Gasteiger partial charge is 0.300 e. The number of hydrogen-bond acceptors (Lipinski definition) is 4. The van der Waals surface area contributed by atoms with Gasteiger partial charge in [0.25, 0.3) is 10.0 Å².